The molecule has 0 fully saturated rings. The van der Waals surface area contributed by atoms with E-state index < -0.39 is 12.1 Å². The minimum Gasteiger partial charge on any atom is -0.481 e. The molecular formula is C14H19NO4S. The van der Waals surface area contributed by atoms with E-state index in [2.05, 4.69) is 5.32 Å². The topological polar surface area (TPSA) is 75.6 Å². The Morgan fingerprint density at radius 2 is 2.40 bits per heavy atom. The van der Waals surface area contributed by atoms with Crippen LogP contribution < -0.4 is 5.32 Å². The smallest absolute Gasteiger partial charge is 0.306 e. The number of rotatable bonds is 6. The molecule has 0 aliphatic heterocycles. The molecule has 5 nitrogen and oxygen atoms in total. The maximum atomic E-state index is 12.3. The Kier molecular flexibility index (Phi) is 5.14. The second-order valence-electron chi connectivity index (χ2n) is 4.94. The lowest BCUT2D eigenvalue weighted by Gasteiger charge is -2.23. The van der Waals surface area contributed by atoms with Gasteiger partial charge >= 0.3 is 5.97 Å². The van der Waals surface area contributed by atoms with E-state index in [1.807, 2.05) is 11.4 Å². The van der Waals surface area contributed by atoms with Gasteiger partial charge in [-0.3, -0.25) is 9.59 Å². The predicted octanol–water partition coefficient (Wildman–Crippen LogP) is 1.77. The normalized spacial score (nSPS) is 19.1. The molecule has 2 rings (SSSR count). The van der Waals surface area contributed by atoms with Crippen molar-refractivity contribution in [3.05, 3.63) is 21.9 Å². The van der Waals surface area contributed by atoms with E-state index >= 15 is 0 Å². The molecule has 0 radical (unpaired) electrons. The van der Waals surface area contributed by atoms with Gasteiger partial charge in [0.25, 0.3) is 0 Å². The minimum atomic E-state index is -0.927. The van der Waals surface area contributed by atoms with Gasteiger partial charge in [-0.2, -0.15) is 0 Å². The van der Waals surface area contributed by atoms with E-state index in [0.717, 1.165) is 24.8 Å². The third-order valence-electron chi connectivity index (χ3n) is 3.61. The first-order chi connectivity index (χ1) is 9.61. The first-order valence-electron chi connectivity index (χ1n) is 6.70. The van der Waals surface area contributed by atoms with Crippen LogP contribution in [0.3, 0.4) is 0 Å². The third kappa shape index (κ3) is 3.58. The number of ether oxygens (including phenoxy) is 1. The minimum absolute atomic E-state index is 0.0308. The van der Waals surface area contributed by atoms with Crippen molar-refractivity contribution >= 4 is 23.2 Å². The van der Waals surface area contributed by atoms with Gasteiger partial charge in [0, 0.05) is 18.5 Å². The number of hydrogen-bond acceptors (Lipinski definition) is 4. The standard InChI is InChI=1S/C14H19NO4S/c1-19-9(7-13(16)17)8-15-14(18)11-3-2-4-12-10(11)5-6-20-12/h5-6,9,11H,2-4,7-8H2,1H3,(H,15,18)(H,16,17). The Labute approximate surface area is 121 Å². The third-order valence-corrected chi connectivity index (χ3v) is 4.60. The molecule has 1 aromatic heterocycles. The van der Waals surface area contributed by atoms with Gasteiger partial charge in [-0.05, 0) is 36.3 Å². The first kappa shape index (κ1) is 15.0. The van der Waals surface area contributed by atoms with Crippen molar-refractivity contribution in [1.29, 1.82) is 0 Å². The van der Waals surface area contributed by atoms with Crippen molar-refractivity contribution in [3.63, 3.8) is 0 Å². The highest BCUT2D eigenvalue weighted by atomic mass is 32.1. The van der Waals surface area contributed by atoms with Crippen LogP contribution in [0.15, 0.2) is 11.4 Å². The molecule has 6 heteroatoms. The Morgan fingerprint density at radius 3 is 3.10 bits per heavy atom. The fraction of sp³-hybridized carbons (Fsp3) is 0.571. The summed E-state index contributed by atoms with van der Waals surface area (Å²) in [7, 11) is 1.46. The van der Waals surface area contributed by atoms with Gasteiger partial charge in [0.15, 0.2) is 0 Å². The van der Waals surface area contributed by atoms with E-state index in [9.17, 15) is 9.59 Å². The van der Waals surface area contributed by atoms with Gasteiger partial charge in [-0.15, -0.1) is 11.3 Å². The molecule has 1 aromatic rings. The predicted molar refractivity (Wildman–Crippen MR) is 76.1 cm³/mol. The molecule has 1 aliphatic rings. The maximum absolute atomic E-state index is 12.3. The summed E-state index contributed by atoms with van der Waals surface area (Å²) in [6, 6.07) is 2.02. The van der Waals surface area contributed by atoms with Gasteiger partial charge < -0.3 is 15.2 Å². The SMILES string of the molecule is COC(CNC(=O)C1CCCc2sccc21)CC(=O)O. The highest BCUT2D eigenvalue weighted by Crippen LogP contribution is 2.34. The van der Waals surface area contributed by atoms with Crippen molar-refractivity contribution < 1.29 is 19.4 Å². The van der Waals surface area contributed by atoms with E-state index in [1.165, 1.54) is 12.0 Å². The zero-order valence-corrected chi connectivity index (χ0v) is 12.2. The molecule has 2 unspecified atom stereocenters. The van der Waals surface area contributed by atoms with Crippen molar-refractivity contribution in [2.24, 2.45) is 0 Å². The Morgan fingerprint density at radius 1 is 1.60 bits per heavy atom. The molecular weight excluding hydrogens is 278 g/mol. The number of carboxylic acid groups (broad SMARTS) is 1. The Bertz CT molecular complexity index is 485. The van der Waals surface area contributed by atoms with Crippen LogP contribution >= 0.6 is 11.3 Å². The van der Waals surface area contributed by atoms with Gasteiger partial charge in [-0.1, -0.05) is 0 Å². The summed E-state index contributed by atoms with van der Waals surface area (Å²) in [5, 5.41) is 13.6. The van der Waals surface area contributed by atoms with E-state index in [-0.39, 0.29) is 24.8 Å². The van der Waals surface area contributed by atoms with E-state index in [0.29, 0.717) is 0 Å². The lowest BCUT2D eigenvalue weighted by Crippen LogP contribution is -2.37. The van der Waals surface area contributed by atoms with Gasteiger partial charge in [0.05, 0.1) is 18.4 Å². The number of carboxylic acids is 1. The summed E-state index contributed by atoms with van der Waals surface area (Å²) in [5.74, 6) is -1.06. The maximum Gasteiger partial charge on any atom is 0.306 e. The number of aliphatic carboxylic acids is 1. The second-order valence-corrected chi connectivity index (χ2v) is 5.95. The Balaban J connectivity index is 1.91. The quantitative estimate of drug-likeness (QED) is 0.839. The van der Waals surface area contributed by atoms with E-state index in [1.54, 1.807) is 11.3 Å². The largest absolute Gasteiger partial charge is 0.481 e. The van der Waals surface area contributed by atoms with Crippen LogP contribution in [0.1, 0.15) is 35.6 Å². The molecule has 1 heterocycles. The van der Waals surface area contributed by atoms with Gasteiger partial charge in [0.2, 0.25) is 5.91 Å². The lowest BCUT2D eigenvalue weighted by atomic mass is 9.87. The number of fused-ring (bicyclic) bond motifs is 1. The number of thiophene rings is 1. The van der Waals surface area contributed by atoms with Crippen LogP contribution in [0.2, 0.25) is 0 Å². The number of carbonyl (C=O) groups is 2. The van der Waals surface area contributed by atoms with Crippen LogP contribution in [0, 0.1) is 0 Å². The van der Waals surface area contributed by atoms with Crippen molar-refractivity contribution in [3.8, 4) is 0 Å². The summed E-state index contributed by atoms with van der Waals surface area (Å²) >= 11 is 1.70. The second kappa shape index (κ2) is 6.85. The van der Waals surface area contributed by atoms with Crippen LogP contribution in [0.5, 0.6) is 0 Å². The zero-order valence-electron chi connectivity index (χ0n) is 11.4. The number of nitrogens with one attached hydrogen (secondary N) is 1. The number of aryl methyl sites for hydroxylation is 1. The summed E-state index contributed by atoms with van der Waals surface area (Å²) in [6.07, 6.45) is 2.34. The molecule has 0 spiro atoms. The molecule has 0 aromatic carbocycles. The molecule has 2 N–H and O–H groups in total. The molecule has 20 heavy (non-hydrogen) atoms. The first-order valence-corrected chi connectivity index (χ1v) is 7.58. The molecule has 2 atom stereocenters. The molecule has 1 amide bonds. The van der Waals surface area contributed by atoms with E-state index in [4.69, 9.17) is 9.84 Å². The Hall–Kier alpha value is -1.40. The van der Waals surface area contributed by atoms with Gasteiger partial charge in [-0.25, -0.2) is 0 Å². The summed E-state index contributed by atoms with van der Waals surface area (Å²) < 4.78 is 5.06. The number of amides is 1. The molecule has 0 saturated heterocycles. The zero-order chi connectivity index (χ0) is 14.5. The summed E-state index contributed by atoms with van der Waals surface area (Å²) in [5.41, 5.74) is 1.13. The van der Waals surface area contributed by atoms with Crippen molar-refractivity contribution in [2.75, 3.05) is 13.7 Å². The van der Waals surface area contributed by atoms with Crippen LogP contribution in [0.25, 0.3) is 0 Å². The van der Waals surface area contributed by atoms with Crippen LogP contribution in [-0.2, 0) is 20.7 Å². The fourth-order valence-electron chi connectivity index (χ4n) is 2.53. The number of hydrogen-bond donors (Lipinski definition) is 2. The van der Waals surface area contributed by atoms with Crippen molar-refractivity contribution in [2.45, 2.75) is 37.7 Å². The van der Waals surface area contributed by atoms with Crippen LogP contribution in [0.4, 0.5) is 0 Å². The highest BCUT2D eigenvalue weighted by Gasteiger charge is 2.27. The van der Waals surface area contributed by atoms with Crippen LogP contribution in [-0.4, -0.2) is 36.7 Å². The average molecular weight is 297 g/mol. The average Bonchev–Trinajstić information content (AvgIpc) is 2.90. The van der Waals surface area contributed by atoms with Crippen molar-refractivity contribution in [1.82, 2.24) is 5.32 Å². The summed E-state index contributed by atoms with van der Waals surface area (Å²) in [6.45, 7) is 0.234. The molecule has 1 aliphatic carbocycles. The van der Waals surface area contributed by atoms with Gasteiger partial charge in [0.1, 0.15) is 0 Å². The number of methoxy groups -OCH3 is 1. The monoisotopic (exact) mass is 297 g/mol. The highest BCUT2D eigenvalue weighted by molar-refractivity contribution is 7.10. The number of carbonyl (C=O) groups excluding carboxylic acids is 1. The fourth-order valence-corrected chi connectivity index (χ4v) is 3.52. The molecule has 0 bridgehead atoms. The molecule has 0 saturated carbocycles. The molecule has 110 valence electrons. The lowest BCUT2D eigenvalue weighted by molar-refractivity contribution is -0.140. The summed E-state index contributed by atoms with van der Waals surface area (Å²) in [4.78, 5) is 24.2.